The van der Waals surface area contributed by atoms with E-state index in [0.29, 0.717) is 4.47 Å². The minimum Gasteiger partial charge on any atom is -0.361 e. The van der Waals surface area contributed by atoms with E-state index in [9.17, 15) is 4.39 Å². The molecule has 62 valence electrons. The number of nitrogens with one attached hydrogen (secondary N) is 1. The maximum atomic E-state index is 13.1. The van der Waals surface area contributed by atoms with Crippen molar-refractivity contribution in [1.29, 1.82) is 0 Å². The summed E-state index contributed by atoms with van der Waals surface area (Å²) >= 11 is 3.20. The molecule has 0 aliphatic heterocycles. The molecule has 0 saturated carbocycles. The fourth-order valence-corrected chi connectivity index (χ4v) is 1.78. The first kappa shape index (κ1) is 7.80. The molecule has 0 spiro atoms. The molecule has 1 aromatic carbocycles. The van der Waals surface area contributed by atoms with Crippen LogP contribution in [0.3, 0.4) is 0 Å². The van der Waals surface area contributed by atoms with E-state index in [4.69, 9.17) is 0 Å². The molecule has 0 amide bonds. The molecular weight excluding hydrogens is 221 g/mol. The van der Waals surface area contributed by atoms with Crippen molar-refractivity contribution in [1.82, 2.24) is 4.98 Å². The second kappa shape index (κ2) is 2.59. The van der Waals surface area contributed by atoms with Crippen molar-refractivity contribution in [2.75, 3.05) is 0 Å². The van der Waals surface area contributed by atoms with Crippen LogP contribution < -0.4 is 0 Å². The first-order valence-corrected chi connectivity index (χ1v) is 4.41. The van der Waals surface area contributed by atoms with Gasteiger partial charge in [-0.15, -0.1) is 0 Å². The SMILES string of the molecule is Cc1cc(F)c(Br)c2cc[nH]c12. The Kier molecular flexibility index (Phi) is 1.68. The van der Waals surface area contributed by atoms with Crippen molar-refractivity contribution in [3.8, 4) is 0 Å². The van der Waals surface area contributed by atoms with Gasteiger partial charge in [-0.25, -0.2) is 4.39 Å². The minimum absolute atomic E-state index is 0.209. The van der Waals surface area contributed by atoms with Crippen molar-refractivity contribution >= 4 is 26.8 Å². The predicted octanol–water partition coefficient (Wildman–Crippen LogP) is 3.38. The van der Waals surface area contributed by atoms with Crippen LogP contribution >= 0.6 is 15.9 Å². The highest BCUT2D eigenvalue weighted by molar-refractivity contribution is 9.10. The van der Waals surface area contributed by atoms with Crippen LogP contribution in [0, 0.1) is 12.7 Å². The maximum Gasteiger partial charge on any atom is 0.138 e. The summed E-state index contributed by atoms with van der Waals surface area (Å²) in [6.07, 6.45) is 1.81. The second-order valence-corrected chi connectivity index (χ2v) is 3.55. The summed E-state index contributed by atoms with van der Waals surface area (Å²) < 4.78 is 13.7. The lowest BCUT2D eigenvalue weighted by Gasteiger charge is -1.99. The lowest BCUT2D eigenvalue weighted by molar-refractivity contribution is 0.622. The number of aromatic nitrogens is 1. The Labute approximate surface area is 77.7 Å². The Bertz CT molecular complexity index is 433. The number of rotatable bonds is 0. The molecular formula is C9H7BrFN. The summed E-state index contributed by atoms with van der Waals surface area (Å²) in [5, 5.41) is 0.896. The molecule has 2 aromatic rings. The zero-order valence-corrected chi connectivity index (χ0v) is 8.07. The van der Waals surface area contributed by atoms with Gasteiger partial charge in [0.25, 0.3) is 0 Å². The number of halogens is 2. The van der Waals surface area contributed by atoms with Gasteiger partial charge in [0.15, 0.2) is 0 Å². The van der Waals surface area contributed by atoms with Gasteiger partial charge in [0.1, 0.15) is 5.82 Å². The van der Waals surface area contributed by atoms with Gasteiger partial charge in [-0.05, 0) is 40.5 Å². The third kappa shape index (κ3) is 0.966. The van der Waals surface area contributed by atoms with Crippen molar-refractivity contribution < 1.29 is 4.39 Å². The first-order valence-electron chi connectivity index (χ1n) is 3.62. The molecule has 1 aromatic heterocycles. The van der Waals surface area contributed by atoms with E-state index >= 15 is 0 Å². The largest absolute Gasteiger partial charge is 0.361 e. The first-order chi connectivity index (χ1) is 5.70. The highest BCUT2D eigenvalue weighted by Gasteiger charge is 2.07. The molecule has 0 aliphatic rings. The van der Waals surface area contributed by atoms with E-state index < -0.39 is 0 Å². The zero-order chi connectivity index (χ0) is 8.72. The van der Waals surface area contributed by atoms with Gasteiger partial charge in [0, 0.05) is 17.1 Å². The number of hydrogen-bond donors (Lipinski definition) is 1. The fraction of sp³-hybridized carbons (Fsp3) is 0.111. The van der Waals surface area contributed by atoms with E-state index in [0.717, 1.165) is 16.5 Å². The van der Waals surface area contributed by atoms with E-state index in [-0.39, 0.29) is 5.82 Å². The molecule has 0 fully saturated rings. The van der Waals surface area contributed by atoms with Crippen LogP contribution in [0.2, 0.25) is 0 Å². The molecule has 0 aliphatic carbocycles. The van der Waals surface area contributed by atoms with Crippen LogP contribution in [-0.4, -0.2) is 4.98 Å². The van der Waals surface area contributed by atoms with Gasteiger partial charge >= 0.3 is 0 Å². The molecule has 1 nitrogen and oxygen atoms in total. The Morgan fingerprint density at radius 2 is 2.25 bits per heavy atom. The van der Waals surface area contributed by atoms with Gasteiger partial charge in [-0.3, -0.25) is 0 Å². The summed E-state index contributed by atoms with van der Waals surface area (Å²) in [7, 11) is 0. The predicted molar refractivity (Wildman–Crippen MR) is 50.7 cm³/mol. The lowest BCUT2D eigenvalue weighted by Crippen LogP contribution is -1.82. The number of aryl methyl sites for hydroxylation is 1. The lowest BCUT2D eigenvalue weighted by atomic mass is 10.1. The van der Waals surface area contributed by atoms with Crippen LogP contribution in [0.15, 0.2) is 22.8 Å². The minimum atomic E-state index is -0.209. The Hall–Kier alpha value is -0.830. The number of H-pyrrole nitrogens is 1. The van der Waals surface area contributed by atoms with E-state index in [1.54, 1.807) is 0 Å². The third-order valence-electron chi connectivity index (χ3n) is 1.93. The van der Waals surface area contributed by atoms with Crippen molar-refractivity contribution in [3.05, 3.63) is 34.2 Å². The summed E-state index contributed by atoms with van der Waals surface area (Å²) in [4.78, 5) is 3.06. The van der Waals surface area contributed by atoms with Crippen LogP contribution in [0.5, 0.6) is 0 Å². The Balaban J connectivity index is 2.97. The Morgan fingerprint density at radius 1 is 1.50 bits per heavy atom. The summed E-state index contributed by atoms with van der Waals surface area (Å²) in [6.45, 7) is 1.88. The standard InChI is InChI=1S/C9H7BrFN/c1-5-4-7(11)8(10)6-2-3-12-9(5)6/h2-4,12H,1H3. The van der Waals surface area contributed by atoms with E-state index in [1.807, 2.05) is 19.2 Å². The Morgan fingerprint density at radius 3 is 3.00 bits per heavy atom. The number of benzene rings is 1. The van der Waals surface area contributed by atoms with Crippen LogP contribution in [0.1, 0.15) is 5.56 Å². The normalized spacial score (nSPS) is 10.9. The molecule has 3 heteroatoms. The fourth-order valence-electron chi connectivity index (χ4n) is 1.33. The molecule has 1 N–H and O–H groups in total. The van der Waals surface area contributed by atoms with Crippen molar-refractivity contribution in [3.63, 3.8) is 0 Å². The molecule has 0 unspecified atom stereocenters. The van der Waals surface area contributed by atoms with Gasteiger partial charge < -0.3 is 4.98 Å². The molecule has 12 heavy (non-hydrogen) atoms. The van der Waals surface area contributed by atoms with Crippen molar-refractivity contribution in [2.24, 2.45) is 0 Å². The monoisotopic (exact) mass is 227 g/mol. The highest BCUT2D eigenvalue weighted by Crippen LogP contribution is 2.28. The second-order valence-electron chi connectivity index (χ2n) is 2.76. The molecule has 1 heterocycles. The highest BCUT2D eigenvalue weighted by atomic mass is 79.9. The van der Waals surface area contributed by atoms with E-state index in [2.05, 4.69) is 20.9 Å². The average molecular weight is 228 g/mol. The molecule has 0 atom stereocenters. The molecule has 0 saturated heterocycles. The van der Waals surface area contributed by atoms with Gasteiger partial charge in [-0.1, -0.05) is 0 Å². The smallest absolute Gasteiger partial charge is 0.138 e. The van der Waals surface area contributed by atoms with Crippen LogP contribution in [-0.2, 0) is 0 Å². The molecule has 0 bridgehead atoms. The topological polar surface area (TPSA) is 15.8 Å². The summed E-state index contributed by atoms with van der Waals surface area (Å²) in [6, 6.07) is 3.37. The van der Waals surface area contributed by atoms with Crippen LogP contribution in [0.4, 0.5) is 4.39 Å². The average Bonchev–Trinajstić information content (AvgIpc) is 2.48. The molecule has 0 radical (unpaired) electrons. The van der Waals surface area contributed by atoms with Crippen molar-refractivity contribution in [2.45, 2.75) is 6.92 Å². The van der Waals surface area contributed by atoms with Gasteiger partial charge in [0.05, 0.1) is 4.47 Å². The molecule has 2 rings (SSSR count). The zero-order valence-electron chi connectivity index (χ0n) is 6.49. The third-order valence-corrected chi connectivity index (χ3v) is 2.74. The van der Waals surface area contributed by atoms with Gasteiger partial charge in [0.2, 0.25) is 0 Å². The maximum absolute atomic E-state index is 13.1. The number of aromatic amines is 1. The number of hydrogen-bond acceptors (Lipinski definition) is 0. The number of fused-ring (bicyclic) bond motifs is 1. The van der Waals surface area contributed by atoms with Gasteiger partial charge in [-0.2, -0.15) is 0 Å². The van der Waals surface area contributed by atoms with E-state index in [1.165, 1.54) is 6.07 Å². The summed E-state index contributed by atoms with van der Waals surface area (Å²) in [5.41, 5.74) is 1.92. The quantitative estimate of drug-likeness (QED) is 0.711. The van der Waals surface area contributed by atoms with Crippen LogP contribution in [0.25, 0.3) is 10.9 Å². The summed E-state index contributed by atoms with van der Waals surface area (Å²) in [5.74, 6) is -0.209.